The third kappa shape index (κ3) is 18.2. The van der Waals surface area contributed by atoms with E-state index in [1.807, 2.05) is 6.34 Å². The van der Waals surface area contributed by atoms with Gasteiger partial charge in [0, 0.05) is 6.54 Å². The van der Waals surface area contributed by atoms with Crippen molar-refractivity contribution in [3.8, 4) is 0 Å². The van der Waals surface area contributed by atoms with E-state index in [9.17, 15) is 0 Å². The fourth-order valence-corrected chi connectivity index (χ4v) is 3.41. The zero-order chi connectivity index (χ0) is 18.0. The van der Waals surface area contributed by atoms with Crippen molar-refractivity contribution in [3.05, 3.63) is 12.2 Å². The van der Waals surface area contributed by atoms with Crippen LogP contribution in [-0.2, 0) is 0 Å². The summed E-state index contributed by atoms with van der Waals surface area (Å²) >= 11 is 0. The molecule has 0 aliphatic carbocycles. The Hall–Kier alpha value is 0.460. The molecule has 0 aromatic rings. The molecule has 3 nitrogen and oxygen atoms in total. The van der Waals surface area contributed by atoms with Gasteiger partial charge in [-0.2, -0.15) is 0 Å². The molecule has 2 N–H and O–H groups in total. The molecule has 0 radical (unpaired) electrons. The van der Waals surface area contributed by atoms with E-state index in [2.05, 4.69) is 29.0 Å². The molecule has 0 spiro atoms. The van der Waals surface area contributed by atoms with Crippen LogP contribution in [0.4, 0.5) is 0 Å². The van der Waals surface area contributed by atoms with Crippen molar-refractivity contribution in [1.82, 2.24) is 4.90 Å². The Morgan fingerprint density at radius 2 is 1.41 bits per heavy atom. The normalized spacial score (nSPS) is 14.4. The van der Waals surface area contributed by atoms with Crippen molar-refractivity contribution in [2.24, 2.45) is 10.7 Å². The minimum Gasteiger partial charge on any atom is -1.00 e. The minimum atomic E-state index is 0. The summed E-state index contributed by atoms with van der Waals surface area (Å²) in [5.74, 6) is 0. The summed E-state index contributed by atoms with van der Waals surface area (Å²) in [4.78, 5) is 6.34. The van der Waals surface area contributed by atoms with Gasteiger partial charge in [-0.1, -0.05) is 96.1 Å². The Bertz CT molecular complexity index is 350. The molecule has 0 saturated heterocycles. The number of unbranched alkanes of at least 4 members (excludes halogenated alkanes) is 13. The quantitative estimate of drug-likeness (QED) is 0.210. The largest absolute Gasteiger partial charge is 1.00 e. The number of nitrogens with two attached hydrogens (primary N) is 1. The van der Waals surface area contributed by atoms with Gasteiger partial charge in [-0.15, -0.1) is 0 Å². The van der Waals surface area contributed by atoms with Gasteiger partial charge < -0.3 is 23.0 Å². The molecule has 1 aliphatic rings. The van der Waals surface area contributed by atoms with Crippen LogP contribution in [0, 0.1) is 0 Å². The van der Waals surface area contributed by atoms with Gasteiger partial charge >= 0.3 is 29.6 Å². The van der Waals surface area contributed by atoms with Gasteiger partial charge in [0.15, 0.2) is 0 Å². The van der Waals surface area contributed by atoms with Crippen LogP contribution < -0.4 is 47.7 Å². The molecular formula is C22H43ClN3Na. The summed E-state index contributed by atoms with van der Waals surface area (Å²) in [6, 6.07) is 0. The third-order valence-corrected chi connectivity index (χ3v) is 5.16. The molecule has 1 aliphatic heterocycles. The number of hydrogen-bond donors (Lipinski definition) is 1. The third-order valence-electron chi connectivity index (χ3n) is 5.16. The number of aliphatic imine (C=N–C) groups is 1. The zero-order valence-electron chi connectivity index (χ0n) is 18.2. The standard InChI is InChI=1S/C22H43N3.ClH.Na/c1-2-3-4-5-6-7-8-9-10-11-12-13-14-15-16-17-18-22(23)25-20-19-24-21-25;;/h16-17,21-22H,2-15,18-20,23H2,1H3;1H;/q;;+1/p-1. The number of hydrogen-bond acceptors (Lipinski definition) is 3. The molecule has 0 aromatic carbocycles. The fourth-order valence-electron chi connectivity index (χ4n) is 3.41. The Morgan fingerprint density at radius 3 is 1.89 bits per heavy atom. The first-order chi connectivity index (χ1) is 12.3. The van der Waals surface area contributed by atoms with Gasteiger partial charge in [0.25, 0.3) is 0 Å². The van der Waals surface area contributed by atoms with E-state index in [-0.39, 0.29) is 48.1 Å². The summed E-state index contributed by atoms with van der Waals surface area (Å²) < 4.78 is 0. The van der Waals surface area contributed by atoms with E-state index in [1.165, 1.54) is 89.9 Å². The summed E-state index contributed by atoms with van der Waals surface area (Å²) in [6.07, 6.45) is 27.2. The Kier molecular flexibility index (Phi) is 25.0. The van der Waals surface area contributed by atoms with Crippen molar-refractivity contribution in [2.45, 2.75) is 109 Å². The molecule has 5 heteroatoms. The molecule has 0 saturated carbocycles. The van der Waals surface area contributed by atoms with Gasteiger partial charge in [0.05, 0.1) is 19.0 Å². The van der Waals surface area contributed by atoms with Gasteiger partial charge in [0.1, 0.15) is 0 Å². The zero-order valence-corrected chi connectivity index (χ0v) is 20.9. The maximum absolute atomic E-state index is 6.12. The molecule has 1 atom stereocenters. The molecule has 0 amide bonds. The van der Waals surface area contributed by atoms with Crippen molar-refractivity contribution in [3.63, 3.8) is 0 Å². The summed E-state index contributed by atoms with van der Waals surface area (Å²) in [5.41, 5.74) is 6.12. The Morgan fingerprint density at radius 1 is 0.889 bits per heavy atom. The number of rotatable bonds is 17. The van der Waals surface area contributed by atoms with Gasteiger partial charge in [-0.25, -0.2) is 0 Å². The first kappa shape index (κ1) is 29.7. The summed E-state index contributed by atoms with van der Waals surface area (Å²) in [6.45, 7) is 4.17. The van der Waals surface area contributed by atoms with Gasteiger partial charge in [0.2, 0.25) is 0 Å². The molecule has 0 bridgehead atoms. The number of nitrogens with zero attached hydrogens (tertiary/aromatic N) is 2. The van der Waals surface area contributed by atoms with E-state index in [1.54, 1.807) is 0 Å². The average Bonchev–Trinajstić information content (AvgIpc) is 3.16. The minimum absolute atomic E-state index is 0. The topological polar surface area (TPSA) is 41.6 Å². The molecule has 0 fully saturated rings. The van der Waals surface area contributed by atoms with Crippen LogP contribution in [0.15, 0.2) is 17.1 Å². The maximum atomic E-state index is 6.12. The second-order valence-corrected chi connectivity index (χ2v) is 7.57. The molecule has 1 unspecified atom stereocenters. The maximum Gasteiger partial charge on any atom is 1.00 e. The predicted molar refractivity (Wildman–Crippen MR) is 112 cm³/mol. The molecular weight excluding hydrogens is 365 g/mol. The fraction of sp³-hybridized carbons (Fsp3) is 0.864. The first-order valence-corrected chi connectivity index (χ1v) is 11.0. The molecule has 1 heterocycles. The van der Waals surface area contributed by atoms with E-state index in [0.29, 0.717) is 0 Å². The van der Waals surface area contributed by atoms with Crippen molar-refractivity contribution >= 4 is 6.34 Å². The molecule has 154 valence electrons. The van der Waals surface area contributed by atoms with Crippen LogP contribution >= 0.6 is 0 Å². The van der Waals surface area contributed by atoms with Crippen molar-refractivity contribution < 1.29 is 42.0 Å². The van der Waals surface area contributed by atoms with Crippen molar-refractivity contribution in [1.29, 1.82) is 0 Å². The monoisotopic (exact) mass is 407 g/mol. The smallest absolute Gasteiger partial charge is 1.00 e. The van der Waals surface area contributed by atoms with Crippen LogP contribution in [0.2, 0.25) is 0 Å². The second-order valence-electron chi connectivity index (χ2n) is 7.57. The van der Waals surface area contributed by atoms with Crippen LogP contribution in [0.5, 0.6) is 0 Å². The SMILES string of the molecule is CCCCCCCCCCCCCCCC=CCC(N)N1C=NCC1.[Cl-].[Na+]. The van der Waals surface area contributed by atoms with Gasteiger partial charge in [-0.3, -0.25) is 4.99 Å². The Labute approximate surface area is 197 Å². The Balaban J connectivity index is 0. The summed E-state index contributed by atoms with van der Waals surface area (Å²) in [7, 11) is 0. The number of allylic oxidation sites excluding steroid dienone is 1. The van der Waals surface area contributed by atoms with Crippen LogP contribution in [0.3, 0.4) is 0 Å². The van der Waals surface area contributed by atoms with Crippen LogP contribution in [0.1, 0.15) is 103 Å². The molecule has 1 rings (SSSR count). The number of halogens is 1. The van der Waals surface area contributed by atoms with Crippen molar-refractivity contribution in [2.75, 3.05) is 13.1 Å². The predicted octanol–water partition coefficient (Wildman–Crippen LogP) is 0.0507. The van der Waals surface area contributed by atoms with Crippen LogP contribution in [-0.4, -0.2) is 30.5 Å². The molecule has 0 aromatic heterocycles. The van der Waals surface area contributed by atoms with E-state index in [4.69, 9.17) is 5.73 Å². The van der Waals surface area contributed by atoms with Crippen LogP contribution in [0.25, 0.3) is 0 Å². The van der Waals surface area contributed by atoms with E-state index >= 15 is 0 Å². The molecule has 27 heavy (non-hydrogen) atoms. The average molecular weight is 408 g/mol. The summed E-state index contributed by atoms with van der Waals surface area (Å²) in [5, 5.41) is 0. The van der Waals surface area contributed by atoms with E-state index in [0.717, 1.165) is 19.5 Å². The van der Waals surface area contributed by atoms with E-state index < -0.39 is 0 Å². The first-order valence-electron chi connectivity index (χ1n) is 11.0. The second kappa shape index (κ2) is 22.7. The van der Waals surface area contributed by atoms with Gasteiger partial charge in [-0.05, 0) is 19.3 Å².